The van der Waals surface area contributed by atoms with Crippen LogP contribution in [0.5, 0.6) is 0 Å². The molecule has 0 aromatic rings. The van der Waals surface area contributed by atoms with E-state index >= 15 is 0 Å². The van der Waals surface area contributed by atoms with Gasteiger partial charge in [-0.25, -0.2) is 0 Å². The molecule has 2 aliphatic carbocycles. The maximum Gasteiger partial charge on any atom is 0.223 e. The van der Waals surface area contributed by atoms with Gasteiger partial charge in [0, 0.05) is 18.5 Å². The minimum atomic E-state index is -0.674. The second-order valence-corrected chi connectivity index (χ2v) is 6.13. The molecule has 0 radical (unpaired) electrons. The summed E-state index contributed by atoms with van der Waals surface area (Å²) in [5.74, 6) is 0.148. The van der Waals surface area contributed by atoms with Crippen LogP contribution in [0.25, 0.3) is 0 Å². The Kier molecular flexibility index (Phi) is 4.62. The van der Waals surface area contributed by atoms with Gasteiger partial charge in [-0.15, -0.1) is 0 Å². The summed E-state index contributed by atoms with van der Waals surface area (Å²) in [7, 11) is 0. The van der Waals surface area contributed by atoms with Crippen LogP contribution in [-0.2, 0) is 4.79 Å². The van der Waals surface area contributed by atoms with Crippen LogP contribution in [0.3, 0.4) is 0 Å². The van der Waals surface area contributed by atoms with Crippen molar-refractivity contribution in [1.82, 2.24) is 5.32 Å². The maximum atomic E-state index is 12.0. The summed E-state index contributed by atoms with van der Waals surface area (Å²) in [4.78, 5) is 12.0. The molecule has 0 aromatic carbocycles. The first kappa shape index (κ1) is 13.8. The van der Waals surface area contributed by atoms with Gasteiger partial charge >= 0.3 is 0 Å². The second-order valence-electron chi connectivity index (χ2n) is 6.13. The van der Waals surface area contributed by atoms with Crippen LogP contribution in [0.15, 0.2) is 0 Å². The fourth-order valence-electron chi connectivity index (χ4n) is 3.21. The molecule has 1 amide bonds. The van der Waals surface area contributed by atoms with E-state index in [1.165, 1.54) is 12.8 Å². The lowest BCUT2D eigenvalue weighted by molar-refractivity contribution is -0.126. The quantitative estimate of drug-likeness (QED) is 0.665. The van der Waals surface area contributed by atoms with E-state index in [1.807, 2.05) is 0 Å². The first-order valence-electron chi connectivity index (χ1n) is 7.35. The third-order valence-electron chi connectivity index (χ3n) is 4.47. The molecule has 18 heavy (non-hydrogen) atoms. The molecule has 2 atom stereocenters. The molecule has 2 saturated carbocycles. The number of hydrogen-bond donors (Lipinski definition) is 3. The first-order valence-corrected chi connectivity index (χ1v) is 7.35. The lowest BCUT2D eigenvalue weighted by Gasteiger charge is -2.27. The molecule has 4 nitrogen and oxygen atoms in total. The number of carbonyl (C=O) groups is 1. The molecule has 2 aliphatic rings. The predicted molar refractivity (Wildman–Crippen MR) is 71.0 cm³/mol. The number of rotatable bonds is 3. The monoisotopic (exact) mass is 254 g/mol. The Morgan fingerprint density at radius 3 is 2.44 bits per heavy atom. The molecule has 0 heterocycles. The molecule has 0 saturated heterocycles. The highest BCUT2D eigenvalue weighted by Gasteiger charge is 2.31. The van der Waals surface area contributed by atoms with Gasteiger partial charge in [0.15, 0.2) is 0 Å². The van der Waals surface area contributed by atoms with E-state index in [4.69, 9.17) is 5.73 Å². The maximum absolute atomic E-state index is 12.0. The SMILES string of the molecule is NC1CCC(C(=O)NCC2(O)CCCCCC2)C1. The number of nitrogens with one attached hydrogen (secondary N) is 1. The van der Waals surface area contributed by atoms with Crippen molar-refractivity contribution < 1.29 is 9.90 Å². The molecule has 0 aromatic heterocycles. The van der Waals surface area contributed by atoms with Crippen LogP contribution in [0, 0.1) is 5.92 Å². The van der Waals surface area contributed by atoms with Gasteiger partial charge in [-0.05, 0) is 32.1 Å². The summed E-state index contributed by atoms with van der Waals surface area (Å²) in [5, 5.41) is 13.4. The van der Waals surface area contributed by atoms with Gasteiger partial charge in [-0.2, -0.15) is 0 Å². The smallest absolute Gasteiger partial charge is 0.223 e. The van der Waals surface area contributed by atoms with E-state index in [-0.39, 0.29) is 17.9 Å². The van der Waals surface area contributed by atoms with Crippen molar-refractivity contribution in [2.45, 2.75) is 69.4 Å². The summed E-state index contributed by atoms with van der Waals surface area (Å²) < 4.78 is 0. The van der Waals surface area contributed by atoms with Crippen molar-refractivity contribution in [2.75, 3.05) is 6.54 Å². The van der Waals surface area contributed by atoms with E-state index < -0.39 is 5.60 Å². The third kappa shape index (κ3) is 3.69. The normalized spacial score (nSPS) is 31.9. The minimum absolute atomic E-state index is 0.0642. The summed E-state index contributed by atoms with van der Waals surface area (Å²) in [6.07, 6.45) is 8.82. The third-order valence-corrected chi connectivity index (χ3v) is 4.47. The number of hydrogen-bond acceptors (Lipinski definition) is 3. The Bertz CT molecular complexity index is 286. The second kappa shape index (κ2) is 6.02. The fraction of sp³-hybridized carbons (Fsp3) is 0.929. The lowest BCUT2D eigenvalue weighted by Crippen LogP contribution is -2.44. The molecule has 2 fully saturated rings. The van der Waals surface area contributed by atoms with Crippen molar-refractivity contribution >= 4 is 5.91 Å². The average molecular weight is 254 g/mol. The number of amides is 1. The molecule has 104 valence electrons. The van der Waals surface area contributed by atoms with Crippen LogP contribution >= 0.6 is 0 Å². The molecule has 4 N–H and O–H groups in total. The summed E-state index contributed by atoms with van der Waals surface area (Å²) in [6.45, 7) is 0.414. The largest absolute Gasteiger partial charge is 0.388 e. The van der Waals surface area contributed by atoms with Gasteiger partial charge in [0.2, 0.25) is 5.91 Å². The van der Waals surface area contributed by atoms with Gasteiger partial charge in [-0.3, -0.25) is 4.79 Å². The number of carbonyl (C=O) groups excluding carboxylic acids is 1. The van der Waals surface area contributed by atoms with Gasteiger partial charge < -0.3 is 16.2 Å². The fourth-order valence-corrected chi connectivity index (χ4v) is 3.21. The van der Waals surface area contributed by atoms with Crippen LogP contribution in [0.2, 0.25) is 0 Å². The topological polar surface area (TPSA) is 75.4 Å². The van der Waals surface area contributed by atoms with Crippen LogP contribution in [0.4, 0.5) is 0 Å². The highest BCUT2D eigenvalue weighted by atomic mass is 16.3. The minimum Gasteiger partial charge on any atom is -0.388 e. The van der Waals surface area contributed by atoms with Gasteiger partial charge in [0.1, 0.15) is 0 Å². The Labute approximate surface area is 109 Å². The van der Waals surface area contributed by atoms with Crippen molar-refractivity contribution in [3.63, 3.8) is 0 Å². The molecule has 0 aliphatic heterocycles. The lowest BCUT2D eigenvalue weighted by atomic mass is 9.94. The molecule has 0 spiro atoms. The number of aliphatic hydroxyl groups is 1. The predicted octanol–water partition coefficient (Wildman–Crippen LogP) is 1.32. The Morgan fingerprint density at radius 2 is 1.89 bits per heavy atom. The zero-order valence-electron chi connectivity index (χ0n) is 11.2. The van der Waals surface area contributed by atoms with E-state index in [0.29, 0.717) is 6.54 Å². The average Bonchev–Trinajstić information content (AvgIpc) is 2.66. The van der Waals surface area contributed by atoms with Crippen LogP contribution in [-0.4, -0.2) is 29.2 Å². The van der Waals surface area contributed by atoms with Crippen molar-refractivity contribution in [1.29, 1.82) is 0 Å². The zero-order valence-corrected chi connectivity index (χ0v) is 11.2. The van der Waals surface area contributed by atoms with E-state index in [1.54, 1.807) is 0 Å². The molecular formula is C14H26N2O2. The van der Waals surface area contributed by atoms with Gasteiger partial charge in [0.25, 0.3) is 0 Å². The summed E-state index contributed by atoms with van der Waals surface area (Å²) >= 11 is 0. The van der Waals surface area contributed by atoms with Crippen molar-refractivity contribution in [3.05, 3.63) is 0 Å². The van der Waals surface area contributed by atoms with Gasteiger partial charge in [-0.1, -0.05) is 25.7 Å². The van der Waals surface area contributed by atoms with E-state index in [2.05, 4.69) is 5.32 Å². The molecule has 4 heteroatoms. The summed E-state index contributed by atoms with van der Waals surface area (Å²) in [5.41, 5.74) is 5.15. The highest BCUT2D eigenvalue weighted by Crippen LogP contribution is 2.27. The van der Waals surface area contributed by atoms with Crippen molar-refractivity contribution in [2.24, 2.45) is 11.7 Å². The van der Waals surface area contributed by atoms with Crippen LogP contribution < -0.4 is 11.1 Å². The Hall–Kier alpha value is -0.610. The zero-order chi connectivity index (χ0) is 13.0. The highest BCUT2D eigenvalue weighted by molar-refractivity contribution is 5.79. The molecule has 0 bridgehead atoms. The Morgan fingerprint density at radius 1 is 1.22 bits per heavy atom. The van der Waals surface area contributed by atoms with Gasteiger partial charge in [0.05, 0.1) is 5.60 Å². The first-order chi connectivity index (χ1) is 8.59. The van der Waals surface area contributed by atoms with Crippen molar-refractivity contribution in [3.8, 4) is 0 Å². The molecule has 2 unspecified atom stereocenters. The van der Waals surface area contributed by atoms with E-state index in [9.17, 15) is 9.90 Å². The number of nitrogens with two attached hydrogens (primary N) is 1. The van der Waals surface area contributed by atoms with E-state index in [0.717, 1.165) is 44.9 Å². The van der Waals surface area contributed by atoms with Crippen LogP contribution in [0.1, 0.15) is 57.8 Å². The molecular weight excluding hydrogens is 228 g/mol. The molecule has 2 rings (SSSR count). The standard InChI is InChI=1S/C14H26N2O2/c15-12-6-5-11(9-12)13(17)16-10-14(18)7-3-1-2-4-8-14/h11-12,18H,1-10,15H2,(H,16,17). The Balaban J connectivity index is 1.77. The summed E-state index contributed by atoms with van der Waals surface area (Å²) in [6, 6.07) is 0.182.